The fourth-order valence-electron chi connectivity index (χ4n) is 1.68. The first-order valence-corrected chi connectivity index (χ1v) is 4.29. The number of hydrogen-bond donors (Lipinski definition) is 0. The van der Waals surface area contributed by atoms with Crippen LogP contribution in [-0.4, -0.2) is 10.8 Å². The van der Waals surface area contributed by atoms with Crippen molar-refractivity contribution in [3.63, 3.8) is 0 Å². The number of carbonyl (C=O) groups is 1. The molecule has 0 aromatic carbocycles. The first-order chi connectivity index (χ1) is 5.86. The van der Waals surface area contributed by atoms with E-state index in [1.807, 2.05) is 18.2 Å². The molecule has 0 bridgehead atoms. The van der Waals surface area contributed by atoms with Crippen LogP contribution in [0.25, 0.3) is 0 Å². The molecule has 12 heavy (non-hydrogen) atoms. The minimum Gasteiger partial charge on any atom is -0.300 e. The molecule has 0 amide bonds. The third kappa shape index (κ3) is 1.37. The molecule has 1 fully saturated rings. The second-order valence-electron chi connectivity index (χ2n) is 3.23. The van der Waals surface area contributed by atoms with Crippen LogP contribution in [0.4, 0.5) is 0 Å². The third-order valence-electron chi connectivity index (χ3n) is 2.35. The highest BCUT2D eigenvalue weighted by atomic mass is 16.1. The third-order valence-corrected chi connectivity index (χ3v) is 2.35. The van der Waals surface area contributed by atoms with Crippen LogP contribution in [-0.2, 0) is 4.79 Å². The van der Waals surface area contributed by atoms with Gasteiger partial charge in [0.2, 0.25) is 0 Å². The minimum absolute atomic E-state index is 0.380. The van der Waals surface area contributed by atoms with Crippen molar-refractivity contribution in [3.8, 4) is 0 Å². The number of pyridine rings is 1. The van der Waals surface area contributed by atoms with Crippen LogP contribution >= 0.6 is 0 Å². The van der Waals surface area contributed by atoms with Gasteiger partial charge in [0, 0.05) is 30.7 Å². The first kappa shape index (κ1) is 7.47. The molecule has 0 radical (unpaired) electrons. The summed E-state index contributed by atoms with van der Waals surface area (Å²) in [5.41, 5.74) is 1.07. The van der Waals surface area contributed by atoms with Crippen molar-refractivity contribution in [3.05, 3.63) is 30.1 Å². The second-order valence-corrected chi connectivity index (χ2v) is 3.23. The number of nitrogens with zero attached hydrogens (tertiary/aromatic N) is 1. The summed E-state index contributed by atoms with van der Waals surface area (Å²) in [6.45, 7) is 0. The van der Waals surface area contributed by atoms with Crippen LogP contribution in [0, 0.1) is 0 Å². The number of Topliss-reactive ketones (excluding diaryl/α,β-unsaturated/α-hetero) is 1. The Morgan fingerprint density at radius 3 is 2.92 bits per heavy atom. The summed E-state index contributed by atoms with van der Waals surface area (Å²) in [5, 5.41) is 0. The molecule has 1 aromatic rings. The molecular weight excluding hydrogens is 150 g/mol. The lowest BCUT2D eigenvalue weighted by Gasteiger charge is -2.05. The Labute approximate surface area is 71.6 Å². The molecule has 1 heterocycles. The van der Waals surface area contributed by atoms with Crippen molar-refractivity contribution < 1.29 is 4.79 Å². The maximum atomic E-state index is 11.0. The van der Waals surface area contributed by atoms with Gasteiger partial charge in [-0.05, 0) is 18.6 Å². The molecule has 1 aliphatic rings. The normalized spacial score (nSPS) is 23.0. The van der Waals surface area contributed by atoms with Gasteiger partial charge in [-0.15, -0.1) is 0 Å². The first-order valence-electron chi connectivity index (χ1n) is 4.29. The van der Waals surface area contributed by atoms with Crippen molar-refractivity contribution in [1.82, 2.24) is 4.98 Å². The predicted octanol–water partition coefficient (Wildman–Crippen LogP) is 1.92. The van der Waals surface area contributed by atoms with E-state index < -0.39 is 0 Å². The van der Waals surface area contributed by atoms with Gasteiger partial charge in [0.15, 0.2) is 0 Å². The molecule has 0 spiro atoms. The minimum atomic E-state index is 0.380. The zero-order valence-electron chi connectivity index (χ0n) is 6.86. The smallest absolute Gasteiger partial charge is 0.133 e. The van der Waals surface area contributed by atoms with Gasteiger partial charge in [-0.1, -0.05) is 6.07 Å². The van der Waals surface area contributed by atoms with E-state index in [9.17, 15) is 4.79 Å². The van der Waals surface area contributed by atoms with E-state index in [1.54, 1.807) is 6.20 Å². The van der Waals surface area contributed by atoms with Gasteiger partial charge in [-0.3, -0.25) is 9.78 Å². The van der Waals surface area contributed by atoms with Crippen LogP contribution in [0.2, 0.25) is 0 Å². The highest BCUT2D eigenvalue weighted by molar-refractivity contribution is 5.81. The summed E-state index contributed by atoms with van der Waals surface area (Å²) in [5.74, 6) is 0.768. The molecule has 0 N–H and O–H groups in total. The van der Waals surface area contributed by atoms with Gasteiger partial charge < -0.3 is 0 Å². The van der Waals surface area contributed by atoms with E-state index >= 15 is 0 Å². The molecule has 62 valence electrons. The summed E-state index contributed by atoms with van der Waals surface area (Å²) in [6, 6.07) is 5.88. The maximum absolute atomic E-state index is 11.0. The highest BCUT2D eigenvalue weighted by Gasteiger charge is 2.23. The zero-order chi connectivity index (χ0) is 8.39. The summed E-state index contributed by atoms with van der Waals surface area (Å²) in [7, 11) is 0. The Bertz CT molecular complexity index is 281. The summed E-state index contributed by atoms with van der Waals surface area (Å²) in [6.07, 6.45) is 4.20. The van der Waals surface area contributed by atoms with Gasteiger partial charge in [0.05, 0.1) is 0 Å². The molecule has 2 rings (SSSR count). The number of aromatic nitrogens is 1. The SMILES string of the molecule is O=C1CC[C@H](c2ccccn2)C1. The van der Waals surface area contributed by atoms with Crippen LogP contribution in [0.5, 0.6) is 0 Å². The van der Waals surface area contributed by atoms with E-state index in [-0.39, 0.29) is 0 Å². The maximum Gasteiger partial charge on any atom is 0.133 e. The van der Waals surface area contributed by atoms with E-state index in [2.05, 4.69) is 4.98 Å². The zero-order valence-corrected chi connectivity index (χ0v) is 6.86. The lowest BCUT2D eigenvalue weighted by atomic mass is 10.0. The Morgan fingerprint density at radius 2 is 2.33 bits per heavy atom. The summed E-state index contributed by atoms with van der Waals surface area (Å²) < 4.78 is 0. The van der Waals surface area contributed by atoms with Gasteiger partial charge in [0.1, 0.15) is 5.78 Å². The van der Waals surface area contributed by atoms with Gasteiger partial charge in [0.25, 0.3) is 0 Å². The van der Waals surface area contributed by atoms with Crippen molar-refractivity contribution in [2.24, 2.45) is 0 Å². The largest absolute Gasteiger partial charge is 0.300 e. The number of rotatable bonds is 1. The second kappa shape index (κ2) is 3.05. The summed E-state index contributed by atoms with van der Waals surface area (Å²) in [4.78, 5) is 15.2. The summed E-state index contributed by atoms with van der Waals surface area (Å²) >= 11 is 0. The van der Waals surface area contributed by atoms with Crippen LogP contribution in [0.15, 0.2) is 24.4 Å². The highest BCUT2D eigenvalue weighted by Crippen LogP contribution is 2.30. The molecule has 1 atom stereocenters. The number of carbonyl (C=O) groups excluding carboxylic acids is 1. The van der Waals surface area contributed by atoms with E-state index in [0.717, 1.165) is 18.5 Å². The van der Waals surface area contributed by atoms with Crippen LogP contribution < -0.4 is 0 Å². The molecule has 2 nitrogen and oxygen atoms in total. The predicted molar refractivity (Wildman–Crippen MR) is 45.8 cm³/mol. The van der Waals surface area contributed by atoms with E-state index in [0.29, 0.717) is 18.1 Å². The fourth-order valence-corrected chi connectivity index (χ4v) is 1.68. The Hall–Kier alpha value is -1.18. The Kier molecular flexibility index (Phi) is 1.90. The molecule has 1 saturated carbocycles. The van der Waals surface area contributed by atoms with Gasteiger partial charge in [-0.25, -0.2) is 0 Å². The fraction of sp³-hybridized carbons (Fsp3) is 0.400. The molecule has 1 aromatic heterocycles. The number of ketones is 1. The molecule has 2 heteroatoms. The average molecular weight is 161 g/mol. The van der Waals surface area contributed by atoms with Crippen LogP contribution in [0.3, 0.4) is 0 Å². The molecule has 0 aliphatic heterocycles. The standard InChI is InChI=1S/C10H11NO/c12-9-5-4-8(7-9)10-3-1-2-6-11-10/h1-3,6,8H,4-5,7H2/t8-/m0/s1. The molecule has 0 saturated heterocycles. The lowest BCUT2D eigenvalue weighted by Crippen LogP contribution is -1.96. The Balaban J connectivity index is 2.16. The van der Waals surface area contributed by atoms with E-state index in [1.165, 1.54) is 0 Å². The Morgan fingerprint density at radius 1 is 1.42 bits per heavy atom. The lowest BCUT2D eigenvalue weighted by molar-refractivity contribution is -0.117. The molecular formula is C10H11NO. The van der Waals surface area contributed by atoms with Gasteiger partial charge >= 0.3 is 0 Å². The van der Waals surface area contributed by atoms with Crippen molar-refractivity contribution in [2.45, 2.75) is 25.2 Å². The van der Waals surface area contributed by atoms with Crippen molar-refractivity contribution in [2.75, 3.05) is 0 Å². The van der Waals surface area contributed by atoms with E-state index in [4.69, 9.17) is 0 Å². The van der Waals surface area contributed by atoms with Gasteiger partial charge in [-0.2, -0.15) is 0 Å². The average Bonchev–Trinajstić information content (AvgIpc) is 2.54. The quantitative estimate of drug-likeness (QED) is 0.629. The number of hydrogen-bond acceptors (Lipinski definition) is 2. The van der Waals surface area contributed by atoms with Crippen LogP contribution in [0.1, 0.15) is 30.9 Å². The van der Waals surface area contributed by atoms with Crippen molar-refractivity contribution in [1.29, 1.82) is 0 Å². The monoisotopic (exact) mass is 161 g/mol. The molecule has 0 unspecified atom stereocenters. The van der Waals surface area contributed by atoms with Crippen molar-refractivity contribution >= 4 is 5.78 Å². The topological polar surface area (TPSA) is 30.0 Å². The molecule has 1 aliphatic carbocycles.